The normalized spacial score (nSPS) is 23.2. The van der Waals surface area contributed by atoms with Crippen molar-refractivity contribution in [3.05, 3.63) is 29.8 Å². The van der Waals surface area contributed by atoms with Crippen LogP contribution in [0.15, 0.2) is 24.3 Å². The number of hydrogen-bond donors (Lipinski definition) is 1. The van der Waals surface area contributed by atoms with Crippen molar-refractivity contribution in [2.24, 2.45) is 11.8 Å². The quantitative estimate of drug-likeness (QED) is 0.823. The molecule has 0 aliphatic heterocycles. The van der Waals surface area contributed by atoms with Crippen LogP contribution >= 0.6 is 0 Å². The van der Waals surface area contributed by atoms with Gasteiger partial charge in [0.25, 0.3) is 0 Å². The first-order valence-electron chi connectivity index (χ1n) is 6.13. The van der Waals surface area contributed by atoms with Gasteiger partial charge >= 0.3 is 0 Å². The summed E-state index contributed by atoms with van der Waals surface area (Å²) in [5, 5.41) is 8.90. The fraction of sp³-hybridized carbons (Fsp3) is 0.571. The highest BCUT2D eigenvalue weighted by molar-refractivity contribution is 5.26. The lowest BCUT2D eigenvalue weighted by Crippen LogP contribution is -2.29. The van der Waals surface area contributed by atoms with E-state index >= 15 is 0 Å². The number of methoxy groups -OCH3 is 1. The van der Waals surface area contributed by atoms with E-state index in [9.17, 15) is 0 Å². The molecule has 0 amide bonds. The number of benzene rings is 1. The molecular formula is C14H20O3. The first-order valence-corrected chi connectivity index (χ1v) is 6.13. The van der Waals surface area contributed by atoms with E-state index in [0.717, 1.165) is 25.2 Å². The van der Waals surface area contributed by atoms with Gasteiger partial charge in [0, 0.05) is 13.2 Å². The molecule has 3 nitrogen and oxygen atoms in total. The zero-order valence-electron chi connectivity index (χ0n) is 10.3. The first-order chi connectivity index (χ1) is 8.31. The summed E-state index contributed by atoms with van der Waals surface area (Å²) in [6, 6.07) is 7.94. The van der Waals surface area contributed by atoms with Crippen LogP contribution in [0.1, 0.15) is 18.4 Å². The predicted octanol–water partition coefficient (Wildman–Crippen LogP) is 2.23. The highest BCUT2D eigenvalue weighted by Gasteiger charge is 2.28. The Labute approximate surface area is 102 Å². The summed E-state index contributed by atoms with van der Waals surface area (Å²) >= 11 is 0. The third kappa shape index (κ3) is 3.45. The van der Waals surface area contributed by atoms with E-state index < -0.39 is 0 Å². The minimum absolute atomic E-state index is 0.328. The van der Waals surface area contributed by atoms with Gasteiger partial charge in [0.05, 0.1) is 13.7 Å². The molecule has 1 fully saturated rings. The first kappa shape index (κ1) is 12.4. The largest absolute Gasteiger partial charge is 0.497 e. The molecular weight excluding hydrogens is 216 g/mol. The van der Waals surface area contributed by atoms with Crippen molar-refractivity contribution in [1.29, 1.82) is 0 Å². The molecule has 0 bridgehead atoms. The molecule has 0 radical (unpaired) electrons. The molecule has 3 heteroatoms. The Morgan fingerprint density at radius 1 is 1.18 bits per heavy atom. The zero-order valence-corrected chi connectivity index (χ0v) is 10.3. The summed E-state index contributed by atoms with van der Waals surface area (Å²) in [7, 11) is 1.67. The zero-order chi connectivity index (χ0) is 12.1. The smallest absolute Gasteiger partial charge is 0.118 e. The molecule has 0 saturated heterocycles. The van der Waals surface area contributed by atoms with Crippen LogP contribution in [0.5, 0.6) is 5.75 Å². The SMILES string of the molecule is COc1ccc(COCC2CC(CO)C2)cc1. The lowest BCUT2D eigenvalue weighted by atomic mass is 9.76. The molecule has 0 atom stereocenters. The van der Waals surface area contributed by atoms with Gasteiger partial charge in [-0.2, -0.15) is 0 Å². The standard InChI is InChI=1S/C14H20O3/c1-16-14-4-2-11(3-5-14)9-17-10-13-6-12(7-13)8-15/h2-5,12-13,15H,6-10H2,1H3. The summed E-state index contributed by atoms with van der Waals surface area (Å²) in [4.78, 5) is 0. The summed E-state index contributed by atoms with van der Waals surface area (Å²) in [6.07, 6.45) is 2.22. The predicted molar refractivity (Wildman–Crippen MR) is 65.9 cm³/mol. The molecule has 2 rings (SSSR count). The van der Waals surface area contributed by atoms with Gasteiger partial charge in [-0.1, -0.05) is 12.1 Å². The van der Waals surface area contributed by atoms with Crippen LogP contribution in [0.2, 0.25) is 0 Å². The number of aliphatic hydroxyl groups excluding tert-OH is 1. The lowest BCUT2D eigenvalue weighted by Gasteiger charge is -2.33. The number of ether oxygens (including phenoxy) is 2. The molecule has 1 aliphatic carbocycles. The Kier molecular flexibility index (Phi) is 4.40. The number of rotatable bonds is 6. The Balaban J connectivity index is 1.64. The second-order valence-electron chi connectivity index (χ2n) is 4.75. The van der Waals surface area contributed by atoms with Gasteiger partial charge < -0.3 is 14.6 Å². The van der Waals surface area contributed by atoms with E-state index in [1.54, 1.807) is 7.11 Å². The van der Waals surface area contributed by atoms with Crippen molar-refractivity contribution in [1.82, 2.24) is 0 Å². The monoisotopic (exact) mass is 236 g/mol. The summed E-state index contributed by atoms with van der Waals surface area (Å²) in [5.74, 6) is 2.04. The maximum absolute atomic E-state index is 8.90. The van der Waals surface area contributed by atoms with Gasteiger partial charge in [-0.3, -0.25) is 0 Å². The average Bonchev–Trinajstić information content (AvgIpc) is 2.33. The highest BCUT2D eigenvalue weighted by Crippen LogP contribution is 2.33. The second kappa shape index (κ2) is 6.03. The minimum atomic E-state index is 0.328. The Morgan fingerprint density at radius 3 is 2.47 bits per heavy atom. The van der Waals surface area contributed by atoms with Crippen LogP contribution in [0.3, 0.4) is 0 Å². The Bertz CT molecular complexity index is 328. The minimum Gasteiger partial charge on any atom is -0.497 e. The van der Waals surface area contributed by atoms with Crippen molar-refractivity contribution >= 4 is 0 Å². The van der Waals surface area contributed by atoms with Gasteiger partial charge in [0.2, 0.25) is 0 Å². The van der Waals surface area contributed by atoms with Crippen molar-refractivity contribution in [3.63, 3.8) is 0 Å². The average molecular weight is 236 g/mol. The topological polar surface area (TPSA) is 38.7 Å². The molecule has 1 saturated carbocycles. The third-order valence-corrected chi connectivity index (χ3v) is 3.37. The van der Waals surface area contributed by atoms with Crippen molar-refractivity contribution in [2.45, 2.75) is 19.4 Å². The molecule has 1 aliphatic rings. The lowest BCUT2D eigenvalue weighted by molar-refractivity contribution is 0.0172. The van der Waals surface area contributed by atoms with Gasteiger partial charge in [-0.15, -0.1) is 0 Å². The fourth-order valence-electron chi connectivity index (χ4n) is 2.22. The Hall–Kier alpha value is -1.06. The van der Waals surface area contributed by atoms with Gasteiger partial charge in [0.15, 0.2) is 0 Å². The van der Waals surface area contributed by atoms with Gasteiger partial charge in [-0.25, -0.2) is 0 Å². The summed E-state index contributed by atoms with van der Waals surface area (Å²) in [5.41, 5.74) is 1.17. The fourth-order valence-corrected chi connectivity index (χ4v) is 2.22. The molecule has 0 spiro atoms. The van der Waals surface area contributed by atoms with Crippen LogP contribution < -0.4 is 4.74 Å². The van der Waals surface area contributed by atoms with E-state index in [4.69, 9.17) is 14.6 Å². The maximum Gasteiger partial charge on any atom is 0.118 e. The van der Waals surface area contributed by atoms with E-state index in [2.05, 4.69) is 0 Å². The van der Waals surface area contributed by atoms with Crippen molar-refractivity contribution in [3.8, 4) is 5.75 Å². The molecule has 17 heavy (non-hydrogen) atoms. The van der Waals surface area contributed by atoms with Crippen LogP contribution in [-0.4, -0.2) is 25.4 Å². The summed E-state index contributed by atoms with van der Waals surface area (Å²) < 4.78 is 10.8. The third-order valence-electron chi connectivity index (χ3n) is 3.37. The molecule has 1 N–H and O–H groups in total. The maximum atomic E-state index is 8.90. The van der Waals surface area contributed by atoms with Gasteiger partial charge in [-0.05, 0) is 42.4 Å². The van der Waals surface area contributed by atoms with E-state index in [0.29, 0.717) is 25.0 Å². The molecule has 0 unspecified atom stereocenters. The number of aliphatic hydroxyl groups is 1. The van der Waals surface area contributed by atoms with Crippen LogP contribution in [0.25, 0.3) is 0 Å². The van der Waals surface area contributed by atoms with E-state index in [1.165, 1.54) is 5.56 Å². The van der Waals surface area contributed by atoms with E-state index in [-0.39, 0.29) is 0 Å². The van der Waals surface area contributed by atoms with Crippen LogP contribution in [-0.2, 0) is 11.3 Å². The van der Waals surface area contributed by atoms with Gasteiger partial charge in [0.1, 0.15) is 5.75 Å². The second-order valence-corrected chi connectivity index (χ2v) is 4.75. The highest BCUT2D eigenvalue weighted by atomic mass is 16.5. The van der Waals surface area contributed by atoms with Crippen molar-refractivity contribution < 1.29 is 14.6 Å². The molecule has 0 aromatic heterocycles. The molecule has 1 aromatic carbocycles. The number of hydrogen-bond acceptors (Lipinski definition) is 3. The van der Waals surface area contributed by atoms with Crippen LogP contribution in [0, 0.1) is 11.8 Å². The van der Waals surface area contributed by atoms with E-state index in [1.807, 2.05) is 24.3 Å². The molecule has 1 aromatic rings. The molecule has 0 heterocycles. The summed E-state index contributed by atoms with van der Waals surface area (Å²) in [6.45, 7) is 1.79. The molecule has 94 valence electrons. The Morgan fingerprint density at radius 2 is 1.88 bits per heavy atom. The van der Waals surface area contributed by atoms with Crippen LogP contribution in [0.4, 0.5) is 0 Å². The van der Waals surface area contributed by atoms with Crippen molar-refractivity contribution in [2.75, 3.05) is 20.3 Å².